The lowest BCUT2D eigenvalue weighted by atomic mass is 10.1. The predicted octanol–water partition coefficient (Wildman–Crippen LogP) is 4.51. The molecule has 21 heavy (non-hydrogen) atoms. The van der Waals surface area contributed by atoms with Gasteiger partial charge in [-0.2, -0.15) is 0 Å². The summed E-state index contributed by atoms with van der Waals surface area (Å²) in [7, 11) is 0. The minimum absolute atomic E-state index is 0.199. The number of phenols is 1. The van der Waals surface area contributed by atoms with Crippen molar-refractivity contribution in [3.05, 3.63) is 64.8 Å². The number of nitrogens with zero attached hydrogens (tertiary/aromatic N) is 1. The second-order valence-electron chi connectivity index (χ2n) is 4.92. The lowest BCUT2D eigenvalue weighted by Crippen LogP contribution is -2.01. The number of aromatic hydroxyl groups is 1. The van der Waals surface area contributed by atoms with Gasteiger partial charge < -0.3 is 10.4 Å². The van der Waals surface area contributed by atoms with Crippen LogP contribution in [0, 0.1) is 6.92 Å². The molecule has 0 spiro atoms. The number of nitrogens with one attached hydrogen (secondary N) is 1. The number of anilines is 1. The van der Waals surface area contributed by atoms with E-state index in [1.165, 1.54) is 0 Å². The molecule has 0 atom stereocenters. The maximum Gasteiger partial charge on any atom is 0.122 e. The van der Waals surface area contributed by atoms with E-state index < -0.39 is 0 Å². The van der Waals surface area contributed by atoms with E-state index in [0.29, 0.717) is 17.1 Å². The number of phenolic OH excluding ortho intramolecular Hbond substituents is 1. The number of hydrogen-bond acceptors (Lipinski definition) is 3. The van der Waals surface area contributed by atoms with E-state index in [4.69, 9.17) is 11.6 Å². The molecule has 4 heteroatoms. The number of hydrogen-bond donors (Lipinski definition) is 2. The first-order valence-electron chi connectivity index (χ1n) is 6.71. The van der Waals surface area contributed by atoms with Gasteiger partial charge in [-0.1, -0.05) is 23.7 Å². The summed E-state index contributed by atoms with van der Waals surface area (Å²) in [5.74, 6) is 0.199. The van der Waals surface area contributed by atoms with Crippen LogP contribution in [0.4, 0.5) is 5.69 Å². The zero-order valence-electron chi connectivity index (χ0n) is 11.6. The van der Waals surface area contributed by atoms with Gasteiger partial charge in [0.1, 0.15) is 5.75 Å². The molecule has 0 radical (unpaired) electrons. The van der Waals surface area contributed by atoms with Gasteiger partial charge >= 0.3 is 0 Å². The van der Waals surface area contributed by atoms with E-state index in [9.17, 15) is 5.11 Å². The summed E-state index contributed by atoms with van der Waals surface area (Å²) in [6.07, 6.45) is 1.79. The molecule has 3 aromatic rings. The molecule has 0 aliphatic carbocycles. The summed E-state index contributed by atoms with van der Waals surface area (Å²) in [5, 5.41) is 14.8. The van der Waals surface area contributed by atoms with Crippen molar-refractivity contribution >= 4 is 28.2 Å². The number of rotatable bonds is 3. The Hall–Kier alpha value is -2.26. The van der Waals surface area contributed by atoms with Crippen molar-refractivity contribution in [2.45, 2.75) is 13.5 Å². The van der Waals surface area contributed by atoms with Crippen LogP contribution in [0.5, 0.6) is 5.75 Å². The first kappa shape index (κ1) is 13.7. The van der Waals surface area contributed by atoms with Crippen molar-refractivity contribution in [3.8, 4) is 5.75 Å². The fraction of sp³-hybridized carbons (Fsp3) is 0.118. The SMILES string of the molecule is Cc1ccc(NCc2c(O)cccc2Cl)c2cccnc12. The normalized spacial score (nSPS) is 10.8. The van der Waals surface area contributed by atoms with Crippen LogP contribution in [0.25, 0.3) is 10.9 Å². The van der Waals surface area contributed by atoms with Crippen LogP contribution in [-0.4, -0.2) is 10.1 Å². The maximum atomic E-state index is 9.89. The summed E-state index contributed by atoms with van der Waals surface area (Å²) >= 11 is 6.13. The van der Waals surface area contributed by atoms with Crippen molar-refractivity contribution in [1.82, 2.24) is 4.98 Å². The van der Waals surface area contributed by atoms with Gasteiger partial charge in [0.15, 0.2) is 0 Å². The average Bonchev–Trinajstić information content (AvgIpc) is 2.49. The Morgan fingerprint density at radius 2 is 2.00 bits per heavy atom. The monoisotopic (exact) mass is 298 g/mol. The second-order valence-corrected chi connectivity index (χ2v) is 5.33. The van der Waals surface area contributed by atoms with E-state index >= 15 is 0 Å². The Labute approximate surface area is 128 Å². The van der Waals surface area contributed by atoms with Gasteiger partial charge in [-0.25, -0.2) is 0 Å². The highest BCUT2D eigenvalue weighted by molar-refractivity contribution is 6.31. The molecule has 0 aliphatic heterocycles. The standard InChI is InChI=1S/C17H15ClN2O/c1-11-7-8-15(12-4-3-9-19-17(11)12)20-10-13-14(18)5-2-6-16(13)21/h2-9,20-21H,10H2,1H3. The zero-order valence-corrected chi connectivity index (χ0v) is 12.4. The highest BCUT2D eigenvalue weighted by Gasteiger charge is 2.08. The van der Waals surface area contributed by atoms with Crippen LogP contribution in [0.1, 0.15) is 11.1 Å². The molecule has 0 fully saturated rings. The van der Waals surface area contributed by atoms with E-state index in [1.54, 1.807) is 24.4 Å². The van der Waals surface area contributed by atoms with Gasteiger partial charge in [-0.15, -0.1) is 0 Å². The zero-order chi connectivity index (χ0) is 14.8. The van der Waals surface area contributed by atoms with E-state index in [-0.39, 0.29) is 5.75 Å². The van der Waals surface area contributed by atoms with Crippen LogP contribution in [0.15, 0.2) is 48.7 Å². The van der Waals surface area contributed by atoms with Crippen molar-refractivity contribution in [1.29, 1.82) is 0 Å². The van der Waals surface area contributed by atoms with Gasteiger partial charge in [-0.05, 0) is 42.8 Å². The molecule has 1 aromatic heterocycles. The molecule has 0 saturated heterocycles. The Morgan fingerprint density at radius 1 is 1.14 bits per heavy atom. The third-order valence-electron chi connectivity index (χ3n) is 3.52. The summed E-state index contributed by atoms with van der Waals surface area (Å²) in [6.45, 7) is 2.50. The highest BCUT2D eigenvalue weighted by atomic mass is 35.5. The highest BCUT2D eigenvalue weighted by Crippen LogP contribution is 2.28. The second kappa shape index (κ2) is 5.62. The Bertz CT molecular complexity index is 782. The van der Waals surface area contributed by atoms with Crippen LogP contribution < -0.4 is 5.32 Å². The third kappa shape index (κ3) is 2.65. The number of halogens is 1. The molecule has 3 nitrogen and oxygen atoms in total. The summed E-state index contributed by atoms with van der Waals surface area (Å²) in [6, 6.07) is 13.1. The molecule has 0 bridgehead atoms. The number of aromatic nitrogens is 1. The fourth-order valence-electron chi connectivity index (χ4n) is 2.37. The Morgan fingerprint density at radius 3 is 2.81 bits per heavy atom. The van der Waals surface area contributed by atoms with Crippen molar-refractivity contribution in [2.75, 3.05) is 5.32 Å². The molecule has 2 aromatic carbocycles. The number of aryl methyl sites for hydroxylation is 1. The summed E-state index contributed by atoms with van der Waals surface area (Å²) < 4.78 is 0. The Balaban J connectivity index is 1.94. The first-order valence-corrected chi connectivity index (χ1v) is 7.09. The van der Waals surface area contributed by atoms with E-state index in [0.717, 1.165) is 22.2 Å². The van der Waals surface area contributed by atoms with Gasteiger partial charge in [-0.3, -0.25) is 4.98 Å². The molecular formula is C17H15ClN2O. The molecular weight excluding hydrogens is 284 g/mol. The molecule has 0 amide bonds. The maximum absolute atomic E-state index is 9.89. The molecule has 0 aliphatic rings. The van der Waals surface area contributed by atoms with Gasteiger partial charge in [0.05, 0.1) is 5.52 Å². The molecule has 2 N–H and O–H groups in total. The van der Waals surface area contributed by atoms with Crippen molar-refractivity contribution in [2.24, 2.45) is 0 Å². The number of fused-ring (bicyclic) bond motifs is 1. The molecule has 106 valence electrons. The van der Waals surface area contributed by atoms with Gasteiger partial charge in [0.25, 0.3) is 0 Å². The van der Waals surface area contributed by atoms with Crippen molar-refractivity contribution in [3.63, 3.8) is 0 Å². The van der Waals surface area contributed by atoms with Crippen LogP contribution >= 0.6 is 11.6 Å². The minimum Gasteiger partial charge on any atom is -0.508 e. The van der Waals surface area contributed by atoms with Crippen LogP contribution in [0.3, 0.4) is 0 Å². The van der Waals surface area contributed by atoms with E-state index in [1.807, 2.05) is 31.2 Å². The smallest absolute Gasteiger partial charge is 0.122 e. The first-order chi connectivity index (χ1) is 10.2. The number of pyridine rings is 1. The third-order valence-corrected chi connectivity index (χ3v) is 3.88. The van der Waals surface area contributed by atoms with Gasteiger partial charge in [0.2, 0.25) is 0 Å². The predicted molar refractivity (Wildman–Crippen MR) is 86.9 cm³/mol. The number of benzene rings is 2. The fourth-order valence-corrected chi connectivity index (χ4v) is 2.61. The average molecular weight is 299 g/mol. The van der Waals surface area contributed by atoms with Crippen LogP contribution in [0.2, 0.25) is 5.02 Å². The van der Waals surface area contributed by atoms with Gasteiger partial charge in [0, 0.05) is 34.4 Å². The molecule has 0 unspecified atom stereocenters. The Kier molecular flexibility index (Phi) is 3.67. The summed E-state index contributed by atoms with van der Waals surface area (Å²) in [5.41, 5.74) is 3.78. The topological polar surface area (TPSA) is 45.1 Å². The lowest BCUT2D eigenvalue weighted by molar-refractivity contribution is 0.469. The van der Waals surface area contributed by atoms with Crippen LogP contribution in [-0.2, 0) is 6.54 Å². The lowest BCUT2D eigenvalue weighted by Gasteiger charge is -2.12. The molecule has 1 heterocycles. The van der Waals surface area contributed by atoms with Crippen molar-refractivity contribution < 1.29 is 5.11 Å². The van der Waals surface area contributed by atoms with E-state index in [2.05, 4.69) is 10.3 Å². The minimum atomic E-state index is 0.199. The largest absolute Gasteiger partial charge is 0.508 e. The molecule has 3 rings (SSSR count). The quantitative estimate of drug-likeness (QED) is 0.747. The summed E-state index contributed by atoms with van der Waals surface area (Å²) in [4.78, 5) is 4.42. The molecule has 0 saturated carbocycles.